The highest BCUT2D eigenvalue weighted by molar-refractivity contribution is 5.21. The monoisotopic (exact) mass is 280 g/mol. The Kier molecular flexibility index (Phi) is 4.03. The van der Waals surface area contributed by atoms with Gasteiger partial charge in [0.15, 0.2) is 0 Å². The molecule has 4 heteroatoms. The van der Waals surface area contributed by atoms with Crippen LogP contribution < -0.4 is 11.1 Å². The second-order valence-electron chi connectivity index (χ2n) is 6.24. The maximum Gasteiger partial charge on any atom is 0.126 e. The molecule has 0 aromatic heterocycles. The van der Waals surface area contributed by atoms with Gasteiger partial charge in [0.2, 0.25) is 0 Å². The van der Waals surface area contributed by atoms with Gasteiger partial charge in [0.05, 0.1) is 0 Å². The van der Waals surface area contributed by atoms with E-state index in [4.69, 9.17) is 5.73 Å². The minimum atomic E-state index is -0.541. The van der Waals surface area contributed by atoms with Gasteiger partial charge in [-0.1, -0.05) is 0 Å². The number of hydrogen-bond donors (Lipinski definition) is 2. The van der Waals surface area contributed by atoms with Gasteiger partial charge in [-0.2, -0.15) is 0 Å². The molecule has 1 unspecified atom stereocenters. The third kappa shape index (κ3) is 3.36. The van der Waals surface area contributed by atoms with Crippen molar-refractivity contribution in [3.63, 3.8) is 0 Å². The topological polar surface area (TPSA) is 38.0 Å². The molecule has 0 aliphatic heterocycles. The lowest BCUT2D eigenvalue weighted by Gasteiger charge is -2.22. The SMILES string of the molecule is NCC(NCC(C1CC1)C1CC1)c1cc(F)cc(F)c1. The molecule has 1 aromatic carbocycles. The molecule has 0 saturated heterocycles. The van der Waals surface area contributed by atoms with Crippen LogP contribution in [0.25, 0.3) is 0 Å². The first-order valence-corrected chi connectivity index (χ1v) is 7.57. The normalized spacial score (nSPS) is 20.4. The predicted molar refractivity (Wildman–Crippen MR) is 75.1 cm³/mol. The molecule has 1 aromatic rings. The highest BCUT2D eigenvalue weighted by atomic mass is 19.1. The molecule has 0 spiro atoms. The lowest BCUT2D eigenvalue weighted by molar-refractivity contribution is 0.357. The number of halogens is 2. The summed E-state index contributed by atoms with van der Waals surface area (Å²) in [5.74, 6) is 1.36. The summed E-state index contributed by atoms with van der Waals surface area (Å²) < 4.78 is 26.6. The maximum absolute atomic E-state index is 13.3. The van der Waals surface area contributed by atoms with Gasteiger partial charge in [-0.3, -0.25) is 0 Å². The molecule has 1 atom stereocenters. The van der Waals surface area contributed by atoms with Crippen molar-refractivity contribution in [1.82, 2.24) is 5.32 Å². The van der Waals surface area contributed by atoms with E-state index < -0.39 is 11.6 Å². The second-order valence-corrected chi connectivity index (χ2v) is 6.24. The Morgan fingerprint density at radius 2 is 1.60 bits per heavy atom. The number of nitrogens with one attached hydrogen (secondary N) is 1. The van der Waals surface area contributed by atoms with E-state index in [2.05, 4.69) is 5.32 Å². The van der Waals surface area contributed by atoms with Crippen molar-refractivity contribution in [3.05, 3.63) is 35.4 Å². The minimum Gasteiger partial charge on any atom is -0.329 e. The zero-order valence-corrected chi connectivity index (χ0v) is 11.6. The molecule has 0 amide bonds. The van der Waals surface area contributed by atoms with Gasteiger partial charge in [-0.25, -0.2) is 8.78 Å². The Morgan fingerprint density at radius 3 is 2.05 bits per heavy atom. The molecule has 2 fully saturated rings. The van der Waals surface area contributed by atoms with Gasteiger partial charge in [0.1, 0.15) is 11.6 Å². The fourth-order valence-electron chi connectivity index (χ4n) is 3.16. The van der Waals surface area contributed by atoms with Gasteiger partial charge >= 0.3 is 0 Å². The summed E-state index contributed by atoms with van der Waals surface area (Å²) in [6.45, 7) is 1.26. The molecule has 2 aliphatic rings. The van der Waals surface area contributed by atoms with E-state index >= 15 is 0 Å². The van der Waals surface area contributed by atoms with E-state index in [1.54, 1.807) is 0 Å². The van der Waals surface area contributed by atoms with Gasteiger partial charge in [0, 0.05) is 18.7 Å². The van der Waals surface area contributed by atoms with Crippen LogP contribution in [0.2, 0.25) is 0 Å². The fourth-order valence-corrected chi connectivity index (χ4v) is 3.16. The van der Waals surface area contributed by atoms with Crippen molar-refractivity contribution in [3.8, 4) is 0 Å². The van der Waals surface area contributed by atoms with Crippen LogP contribution in [0.3, 0.4) is 0 Å². The molecule has 3 N–H and O–H groups in total. The van der Waals surface area contributed by atoms with Gasteiger partial charge in [-0.05, 0) is 67.7 Å². The molecule has 2 saturated carbocycles. The maximum atomic E-state index is 13.3. The van der Waals surface area contributed by atoms with E-state index in [9.17, 15) is 8.78 Å². The summed E-state index contributed by atoms with van der Waals surface area (Å²) in [6, 6.07) is 3.47. The van der Waals surface area contributed by atoms with Crippen molar-refractivity contribution in [2.24, 2.45) is 23.5 Å². The lowest BCUT2D eigenvalue weighted by atomic mass is 9.97. The van der Waals surface area contributed by atoms with E-state index in [0.717, 1.165) is 30.4 Å². The van der Waals surface area contributed by atoms with Crippen molar-refractivity contribution in [2.45, 2.75) is 31.7 Å². The third-order valence-electron chi connectivity index (χ3n) is 4.58. The van der Waals surface area contributed by atoms with Crippen molar-refractivity contribution in [1.29, 1.82) is 0 Å². The van der Waals surface area contributed by atoms with Crippen LogP contribution >= 0.6 is 0 Å². The van der Waals surface area contributed by atoms with Crippen LogP contribution in [0, 0.1) is 29.4 Å². The van der Waals surface area contributed by atoms with Crippen LogP contribution in [-0.4, -0.2) is 13.1 Å². The van der Waals surface area contributed by atoms with E-state index in [1.807, 2.05) is 0 Å². The molecular formula is C16H22F2N2. The van der Waals surface area contributed by atoms with Crippen molar-refractivity contribution >= 4 is 0 Å². The summed E-state index contributed by atoms with van der Waals surface area (Å²) in [4.78, 5) is 0. The summed E-state index contributed by atoms with van der Waals surface area (Å²) >= 11 is 0. The third-order valence-corrected chi connectivity index (χ3v) is 4.58. The molecule has 110 valence electrons. The summed E-state index contributed by atoms with van der Waals surface area (Å²) in [5, 5.41) is 3.42. The average molecular weight is 280 g/mol. The zero-order valence-electron chi connectivity index (χ0n) is 11.6. The number of hydrogen-bond acceptors (Lipinski definition) is 2. The number of rotatable bonds is 7. The Labute approximate surface area is 118 Å². The van der Waals surface area contributed by atoms with Crippen LogP contribution in [0.1, 0.15) is 37.3 Å². The number of benzene rings is 1. The Bertz CT molecular complexity index is 437. The molecule has 20 heavy (non-hydrogen) atoms. The van der Waals surface area contributed by atoms with Crippen molar-refractivity contribution < 1.29 is 8.78 Å². The first-order valence-electron chi connectivity index (χ1n) is 7.57. The smallest absolute Gasteiger partial charge is 0.126 e. The highest BCUT2D eigenvalue weighted by Crippen LogP contribution is 2.48. The van der Waals surface area contributed by atoms with Crippen LogP contribution in [0.4, 0.5) is 8.78 Å². The van der Waals surface area contributed by atoms with E-state index in [1.165, 1.54) is 37.8 Å². The number of nitrogens with two attached hydrogens (primary N) is 1. The standard InChI is InChI=1S/C16H22F2N2/c17-13-5-12(6-14(18)7-13)16(8-19)20-9-15(10-1-2-10)11-3-4-11/h5-7,10-11,15-16,20H,1-4,8-9,19H2. The van der Waals surface area contributed by atoms with E-state index in [-0.39, 0.29) is 6.04 Å². The van der Waals surface area contributed by atoms with Crippen molar-refractivity contribution in [2.75, 3.05) is 13.1 Å². The molecule has 2 nitrogen and oxygen atoms in total. The predicted octanol–water partition coefficient (Wildman–Crippen LogP) is 2.99. The summed E-state index contributed by atoms with van der Waals surface area (Å²) in [5.41, 5.74) is 6.37. The van der Waals surface area contributed by atoms with Crippen LogP contribution in [0.5, 0.6) is 0 Å². The molecule has 3 rings (SSSR count). The fraction of sp³-hybridized carbons (Fsp3) is 0.625. The molecule has 0 bridgehead atoms. The van der Waals surface area contributed by atoms with Crippen LogP contribution in [-0.2, 0) is 0 Å². The summed E-state index contributed by atoms with van der Waals surface area (Å²) in [7, 11) is 0. The van der Waals surface area contributed by atoms with Gasteiger partial charge in [-0.15, -0.1) is 0 Å². The largest absolute Gasteiger partial charge is 0.329 e. The second kappa shape index (κ2) is 5.78. The highest BCUT2D eigenvalue weighted by Gasteiger charge is 2.41. The lowest BCUT2D eigenvalue weighted by Crippen LogP contribution is -2.33. The van der Waals surface area contributed by atoms with Crippen LogP contribution in [0.15, 0.2) is 18.2 Å². The molecule has 0 radical (unpaired) electrons. The minimum absolute atomic E-state index is 0.166. The van der Waals surface area contributed by atoms with Gasteiger partial charge in [0.25, 0.3) is 0 Å². The average Bonchev–Trinajstić information content (AvgIpc) is 3.26. The Morgan fingerprint density at radius 1 is 1.05 bits per heavy atom. The zero-order chi connectivity index (χ0) is 14.1. The van der Waals surface area contributed by atoms with Gasteiger partial charge < -0.3 is 11.1 Å². The first-order chi connectivity index (χ1) is 9.67. The summed E-state index contributed by atoms with van der Waals surface area (Å²) in [6.07, 6.45) is 5.35. The first kappa shape index (κ1) is 14.0. The molecule has 2 aliphatic carbocycles. The van der Waals surface area contributed by atoms with E-state index in [0.29, 0.717) is 12.1 Å². The Hall–Kier alpha value is -1.00. The molecular weight excluding hydrogens is 258 g/mol. The quantitative estimate of drug-likeness (QED) is 0.806. The Balaban J connectivity index is 1.63. The molecule has 0 heterocycles.